The molecule has 2 rings (SSSR count). The Balaban J connectivity index is 2.06. The zero-order chi connectivity index (χ0) is 14.9. The van der Waals surface area contributed by atoms with Crippen LogP contribution in [0.4, 0.5) is 0 Å². The minimum absolute atomic E-state index is 0.00838. The van der Waals surface area contributed by atoms with E-state index in [1.165, 1.54) is 11.3 Å². The monoisotopic (exact) mass is 296 g/mol. The van der Waals surface area contributed by atoms with Crippen molar-refractivity contribution in [1.29, 1.82) is 0 Å². The molecule has 0 spiro atoms. The molecule has 1 heterocycles. The second kappa shape index (κ2) is 6.22. The number of nitrogens with zero attached hydrogens (tertiary/aromatic N) is 2. The first-order valence-electron chi connectivity index (χ1n) is 7.28. The van der Waals surface area contributed by atoms with Crippen molar-refractivity contribution in [3.8, 4) is 0 Å². The van der Waals surface area contributed by atoms with Crippen LogP contribution in [0.25, 0.3) is 0 Å². The quantitative estimate of drug-likeness (QED) is 0.877. The van der Waals surface area contributed by atoms with E-state index in [0.29, 0.717) is 18.4 Å². The minimum atomic E-state index is -0.383. The molecule has 0 aromatic carbocycles. The van der Waals surface area contributed by atoms with Gasteiger partial charge >= 0.3 is 0 Å². The number of carbonyl (C=O) groups is 1. The molecule has 4 nitrogen and oxygen atoms in total. The van der Waals surface area contributed by atoms with Gasteiger partial charge in [0.15, 0.2) is 0 Å². The fourth-order valence-corrected chi connectivity index (χ4v) is 3.27. The highest BCUT2D eigenvalue weighted by molar-refractivity contribution is 7.13. The van der Waals surface area contributed by atoms with Crippen LogP contribution in [-0.4, -0.2) is 40.6 Å². The summed E-state index contributed by atoms with van der Waals surface area (Å²) >= 11 is 1.46. The van der Waals surface area contributed by atoms with E-state index in [-0.39, 0.29) is 12.0 Å². The predicted molar refractivity (Wildman–Crippen MR) is 81.1 cm³/mol. The smallest absolute Gasteiger partial charge is 0.265 e. The van der Waals surface area contributed by atoms with Crippen LogP contribution in [0.1, 0.15) is 47.1 Å². The number of carbonyl (C=O) groups excluding carboxylic acids is 1. The lowest BCUT2D eigenvalue weighted by Gasteiger charge is -2.20. The van der Waals surface area contributed by atoms with Crippen molar-refractivity contribution in [2.75, 3.05) is 13.6 Å². The van der Waals surface area contributed by atoms with Crippen molar-refractivity contribution in [2.45, 2.75) is 46.1 Å². The van der Waals surface area contributed by atoms with Crippen LogP contribution in [0.3, 0.4) is 0 Å². The van der Waals surface area contributed by atoms with Gasteiger partial charge in [-0.2, -0.15) is 0 Å². The third-order valence-electron chi connectivity index (χ3n) is 3.57. The van der Waals surface area contributed by atoms with Crippen molar-refractivity contribution in [3.63, 3.8) is 0 Å². The Labute approximate surface area is 124 Å². The van der Waals surface area contributed by atoms with Crippen LogP contribution in [0.5, 0.6) is 0 Å². The summed E-state index contributed by atoms with van der Waals surface area (Å²) < 4.78 is 0. The topological polar surface area (TPSA) is 53.4 Å². The van der Waals surface area contributed by atoms with Gasteiger partial charge in [-0.15, -0.1) is 11.3 Å². The molecular formula is C15H24N2O2S. The summed E-state index contributed by atoms with van der Waals surface area (Å²) in [5, 5.41) is 10.9. The SMILES string of the molecule is Cc1nc(CC(C)C)c(C(=O)N(C)CC(O)C2CC2)s1. The molecule has 1 fully saturated rings. The predicted octanol–water partition coefficient (Wildman–Crippen LogP) is 2.49. The fourth-order valence-electron chi connectivity index (χ4n) is 2.33. The number of aryl methyl sites for hydroxylation is 1. The largest absolute Gasteiger partial charge is 0.391 e. The molecule has 0 radical (unpaired) electrons. The number of hydrogen-bond acceptors (Lipinski definition) is 4. The lowest BCUT2D eigenvalue weighted by molar-refractivity contribution is 0.0648. The number of likely N-dealkylation sites (N-methyl/N-ethyl adjacent to an activating group) is 1. The van der Waals surface area contributed by atoms with Gasteiger partial charge in [0.1, 0.15) is 4.88 Å². The summed E-state index contributed by atoms with van der Waals surface area (Å²) in [6.45, 7) is 6.61. The molecule has 112 valence electrons. The lowest BCUT2D eigenvalue weighted by atomic mass is 10.1. The zero-order valence-corrected chi connectivity index (χ0v) is 13.5. The van der Waals surface area contributed by atoms with Crippen molar-refractivity contribution in [1.82, 2.24) is 9.88 Å². The number of hydrogen-bond donors (Lipinski definition) is 1. The molecule has 1 unspecified atom stereocenters. The number of aliphatic hydroxyl groups excluding tert-OH is 1. The second-order valence-electron chi connectivity index (χ2n) is 6.20. The first kappa shape index (κ1) is 15.4. The van der Waals surface area contributed by atoms with Crippen molar-refractivity contribution in [2.24, 2.45) is 11.8 Å². The lowest BCUT2D eigenvalue weighted by Crippen LogP contribution is -2.35. The standard InChI is InChI=1S/C15H24N2O2S/c1-9(2)7-12-14(20-10(3)16-12)15(19)17(4)8-13(18)11-5-6-11/h9,11,13,18H,5-8H2,1-4H3. The van der Waals surface area contributed by atoms with E-state index in [0.717, 1.165) is 34.8 Å². The van der Waals surface area contributed by atoms with Crippen LogP contribution in [0.15, 0.2) is 0 Å². The molecule has 1 aliphatic rings. The summed E-state index contributed by atoms with van der Waals surface area (Å²) in [5.41, 5.74) is 0.903. The second-order valence-corrected chi connectivity index (χ2v) is 7.40. The van der Waals surface area contributed by atoms with Crippen molar-refractivity contribution in [3.05, 3.63) is 15.6 Å². The number of amides is 1. The molecular weight excluding hydrogens is 272 g/mol. The normalized spacial score (nSPS) is 16.5. The average molecular weight is 296 g/mol. The number of thiazole rings is 1. The van der Waals surface area contributed by atoms with Gasteiger partial charge < -0.3 is 10.0 Å². The molecule has 1 atom stereocenters. The number of aliphatic hydroxyl groups is 1. The minimum Gasteiger partial charge on any atom is -0.391 e. The molecule has 0 aliphatic heterocycles. The maximum Gasteiger partial charge on any atom is 0.265 e. The Hall–Kier alpha value is -0.940. The van der Waals surface area contributed by atoms with Crippen LogP contribution in [0, 0.1) is 18.8 Å². The van der Waals surface area contributed by atoms with E-state index in [2.05, 4.69) is 18.8 Å². The van der Waals surface area contributed by atoms with E-state index in [1.54, 1.807) is 11.9 Å². The van der Waals surface area contributed by atoms with Crippen LogP contribution in [-0.2, 0) is 6.42 Å². The van der Waals surface area contributed by atoms with Gasteiger partial charge in [0, 0.05) is 13.6 Å². The van der Waals surface area contributed by atoms with Gasteiger partial charge in [-0.25, -0.2) is 4.98 Å². The molecule has 0 bridgehead atoms. The van der Waals surface area contributed by atoms with E-state index in [4.69, 9.17) is 0 Å². The van der Waals surface area contributed by atoms with Gasteiger partial charge in [-0.3, -0.25) is 4.79 Å². The Morgan fingerprint density at radius 3 is 2.70 bits per heavy atom. The highest BCUT2D eigenvalue weighted by atomic mass is 32.1. The van der Waals surface area contributed by atoms with Crippen molar-refractivity contribution < 1.29 is 9.90 Å². The van der Waals surface area contributed by atoms with E-state index in [1.807, 2.05) is 6.92 Å². The fraction of sp³-hybridized carbons (Fsp3) is 0.733. The van der Waals surface area contributed by atoms with E-state index in [9.17, 15) is 9.90 Å². The third-order valence-corrected chi connectivity index (χ3v) is 4.57. The third kappa shape index (κ3) is 3.79. The van der Waals surface area contributed by atoms with Crippen LogP contribution < -0.4 is 0 Å². The van der Waals surface area contributed by atoms with Gasteiger partial charge in [-0.1, -0.05) is 13.8 Å². The van der Waals surface area contributed by atoms with Gasteiger partial charge in [0.05, 0.1) is 16.8 Å². The average Bonchev–Trinajstić information content (AvgIpc) is 3.13. The molecule has 1 aromatic heterocycles. The first-order chi connectivity index (χ1) is 9.38. The summed E-state index contributed by atoms with van der Waals surface area (Å²) in [4.78, 5) is 19.4. The molecule has 1 aromatic rings. The van der Waals surface area contributed by atoms with Gasteiger partial charge in [0.25, 0.3) is 5.91 Å². The Morgan fingerprint density at radius 2 is 2.15 bits per heavy atom. The highest BCUT2D eigenvalue weighted by Gasteiger charge is 2.32. The highest BCUT2D eigenvalue weighted by Crippen LogP contribution is 2.33. The molecule has 5 heteroatoms. The molecule has 1 aliphatic carbocycles. The maximum absolute atomic E-state index is 12.5. The van der Waals surface area contributed by atoms with Crippen molar-refractivity contribution >= 4 is 17.2 Å². The molecule has 20 heavy (non-hydrogen) atoms. The summed E-state index contributed by atoms with van der Waals surface area (Å²) in [6, 6.07) is 0. The Bertz CT molecular complexity index is 480. The number of rotatable bonds is 6. The molecule has 1 amide bonds. The Morgan fingerprint density at radius 1 is 1.50 bits per heavy atom. The summed E-state index contributed by atoms with van der Waals surface area (Å²) in [5.74, 6) is 0.861. The zero-order valence-electron chi connectivity index (χ0n) is 12.7. The number of aromatic nitrogens is 1. The molecule has 1 saturated carbocycles. The van der Waals surface area contributed by atoms with E-state index < -0.39 is 0 Å². The maximum atomic E-state index is 12.5. The van der Waals surface area contributed by atoms with Gasteiger partial charge in [-0.05, 0) is 38.0 Å². The first-order valence-corrected chi connectivity index (χ1v) is 8.10. The van der Waals surface area contributed by atoms with Crippen LogP contribution in [0.2, 0.25) is 0 Å². The molecule has 0 saturated heterocycles. The van der Waals surface area contributed by atoms with E-state index >= 15 is 0 Å². The molecule has 1 N–H and O–H groups in total. The van der Waals surface area contributed by atoms with Crippen LogP contribution >= 0.6 is 11.3 Å². The summed E-state index contributed by atoms with van der Waals surface area (Å²) in [7, 11) is 1.77. The van der Waals surface area contributed by atoms with Gasteiger partial charge in [0.2, 0.25) is 0 Å². The summed E-state index contributed by atoms with van der Waals surface area (Å²) in [6.07, 6.45) is 2.61. The Kier molecular flexibility index (Phi) is 4.81.